The number of ether oxygens (including phenoxy) is 1. The zero-order valence-corrected chi connectivity index (χ0v) is 8.07. The van der Waals surface area contributed by atoms with Crippen molar-refractivity contribution < 1.29 is 4.74 Å². The SMILES string of the molecule is N#CCCC1OCCc2ccccc21. The van der Waals surface area contributed by atoms with E-state index in [9.17, 15) is 0 Å². The first-order chi connectivity index (χ1) is 6.92. The molecule has 0 N–H and O–H groups in total. The first-order valence-electron chi connectivity index (χ1n) is 4.98. The standard InChI is InChI=1S/C12H13NO/c13-8-3-6-12-11-5-2-1-4-10(11)7-9-14-12/h1-2,4-5,12H,3,6-7,9H2. The van der Waals surface area contributed by atoms with Crippen LogP contribution in [-0.2, 0) is 11.2 Å². The molecule has 1 aliphatic rings. The van der Waals surface area contributed by atoms with Crippen molar-refractivity contribution in [3.63, 3.8) is 0 Å². The summed E-state index contributed by atoms with van der Waals surface area (Å²) in [5.41, 5.74) is 2.65. The summed E-state index contributed by atoms with van der Waals surface area (Å²) < 4.78 is 5.66. The van der Waals surface area contributed by atoms with E-state index in [1.807, 2.05) is 6.07 Å². The Bertz CT molecular complexity index is 354. The van der Waals surface area contributed by atoms with Gasteiger partial charge >= 0.3 is 0 Å². The summed E-state index contributed by atoms with van der Waals surface area (Å²) in [5, 5.41) is 8.54. The second kappa shape index (κ2) is 4.26. The Morgan fingerprint density at radius 3 is 3.14 bits per heavy atom. The summed E-state index contributed by atoms with van der Waals surface area (Å²) in [6, 6.07) is 10.5. The fourth-order valence-corrected chi connectivity index (χ4v) is 1.91. The molecule has 14 heavy (non-hydrogen) atoms. The maximum Gasteiger partial charge on any atom is 0.0837 e. The highest BCUT2D eigenvalue weighted by atomic mass is 16.5. The van der Waals surface area contributed by atoms with Crippen molar-refractivity contribution in [2.24, 2.45) is 0 Å². The number of rotatable bonds is 2. The molecular weight excluding hydrogens is 174 g/mol. The lowest BCUT2D eigenvalue weighted by Crippen LogP contribution is -2.15. The van der Waals surface area contributed by atoms with Crippen molar-refractivity contribution in [1.82, 2.24) is 0 Å². The minimum absolute atomic E-state index is 0.139. The molecule has 2 nitrogen and oxygen atoms in total. The van der Waals surface area contributed by atoms with E-state index in [-0.39, 0.29) is 6.10 Å². The van der Waals surface area contributed by atoms with Crippen molar-refractivity contribution in [2.45, 2.75) is 25.4 Å². The first kappa shape index (κ1) is 9.23. The lowest BCUT2D eigenvalue weighted by atomic mass is 9.95. The molecule has 0 amide bonds. The summed E-state index contributed by atoms with van der Waals surface area (Å²) in [7, 11) is 0. The Hall–Kier alpha value is -1.33. The molecule has 0 radical (unpaired) electrons. The van der Waals surface area contributed by atoms with Gasteiger partial charge < -0.3 is 4.74 Å². The van der Waals surface area contributed by atoms with E-state index in [1.54, 1.807) is 0 Å². The van der Waals surface area contributed by atoms with E-state index >= 15 is 0 Å². The molecule has 1 heterocycles. The molecule has 1 aromatic rings. The number of nitrogens with zero attached hydrogens (tertiary/aromatic N) is 1. The fraction of sp³-hybridized carbons (Fsp3) is 0.417. The molecule has 1 aliphatic heterocycles. The Labute approximate surface area is 84.1 Å². The van der Waals surface area contributed by atoms with Gasteiger partial charge in [0.1, 0.15) is 0 Å². The lowest BCUT2D eigenvalue weighted by Gasteiger charge is -2.25. The highest BCUT2D eigenvalue weighted by molar-refractivity contribution is 5.30. The molecule has 2 heteroatoms. The molecule has 0 saturated carbocycles. The number of nitriles is 1. The van der Waals surface area contributed by atoms with Gasteiger partial charge in [-0.25, -0.2) is 0 Å². The second-order valence-electron chi connectivity index (χ2n) is 3.51. The third-order valence-electron chi connectivity index (χ3n) is 2.61. The van der Waals surface area contributed by atoms with Crippen LogP contribution in [0.3, 0.4) is 0 Å². The van der Waals surface area contributed by atoms with Gasteiger partial charge in [-0.1, -0.05) is 24.3 Å². The van der Waals surface area contributed by atoms with E-state index in [2.05, 4.69) is 24.3 Å². The summed E-state index contributed by atoms with van der Waals surface area (Å²) in [5.74, 6) is 0. The van der Waals surface area contributed by atoms with E-state index in [1.165, 1.54) is 11.1 Å². The summed E-state index contributed by atoms with van der Waals surface area (Å²) in [6.45, 7) is 0.785. The molecule has 0 fully saturated rings. The second-order valence-corrected chi connectivity index (χ2v) is 3.51. The van der Waals surface area contributed by atoms with Gasteiger partial charge in [-0.2, -0.15) is 5.26 Å². The van der Waals surface area contributed by atoms with Gasteiger partial charge in [0, 0.05) is 6.42 Å². The third kappa shape index (κ3) is 1.78. The maximum atomic E-state index is 8.54. The normalized spacial score (nSPS) is 19.8. The predicted molar refractivity (Wildman–Crippen MR) is 53.7 cm³/mol. The highest BCUT2D eigenvalue weighted by Gasteiger charge is 2.19. The van der Waals surface area contributed by atoms with Crippen molar-refractivity contribution >= 4 is 0 Å². The molecule has 1 aromatic carbocycles. The zero-order chi connectivity index (χ0) is 9.80. The maximum absolute atomic E-state index is 8.54. The van der Waals surface area contributed by atoms with Crippen LogP contribution in [0.5, 0.6) is 0 Å². The van der Waals surface area contributed by atoms with Gasteiger partial charge in [0.05, 0.1) is 18.8 Å². The number of fused-ring (bicyclic) bond motifs is 1. The zero-order valence-electron chi connectivity index (χ0n) is 8.07. The molecule has 2 rings (SSSR count). The van der Waals surface area contributed by atoms with E-state index in [0.29, 0.717) is 6.42 Å². The van der Waals surface area contributed by atoms with Crippen LogP contribution < -0.4 is 0 Å². The van der Waals surface area contributed by atoms with Crippen LogP contribution in [0.25, 0.3) is 0 Å². The average molecular weight is 187 g/mol. The van der Waals surface area contributed by atoms with Crippen molar-refractivity contribution in [3.05, 3.63) is 35.4 Å². The van der Waals surface area contributed by atoms with E-state index in [0.717, 1.165) is 19.4 Å². The quantitative estimate of drug-likeness (QED) is 0.713. The average Bonchev–Trinajstić information content (AvgIpc) is 2.26. The van der Waals surface area contributed by atoms with Crippen molar-refractivity contribution in [2.75, 3.05) is 6.61 Å². The molecule has 0 spiro atoms. The highest BCUT2D eigenvalue weighted by Crippen LogP contribution is 2.29. The molecule has 0 saturated heterocycles. The van der Waals surface area contributed by atoms with Gasteiger partial charge in [-0.05, 0) is 24.0 Å². The monoisotopic (exact) mass is 187 g/mol. The lowest BCUT2D eigenvalue weighted by molar-refractivity contribution is 0.0375. The summed E-state index contributed by atoms with van der Waals surface area (Å²) in [6.07, 6.45) is 2.52. The molecular formula is C12H13NO. The van der Waals surface area contributed by atoms with Crippen LogP contribution in [0, 0.1) is 11.3 Å². The van der Waals surface area contributed by atoms with Gasteiger partial charge in [-0.3, -0.25) is 0 Å². The Morgan fingerprint density at radius 1 is 1.43 bits per heavy atom. The van der Waals surface area contributed by atoms with Crippen molar-refractivity contribution in [3.8, 4) is 6.07 Å². The first-order valence-corrected chi connectivity index (χ1v) is 4.98. The smallest absolute Gasteiger partial charge is 0.0837 e. The molecule has 1 unspecified atom stereocenters. The van der Waals surface area contributed by atoms with Crippen LogP contribution in [0.4, 0.5) is 0 Å². The predicted octanol–water partition coefficient (Wildman–Crippen LogP) is 2.60. The van der Waals surface area contributed by atoms with Crippen LogP contribution in [-0.4, -0.2) is 6.61 Å². The molecule has 0 aliphatic carbocycles. The Morgan fingerprint density at radius 2 is 2.29 bits per heavy atom. The van der Waals surface area contributed by atoms with Crippen molar-refractivity contribution in [1.29, 1.82) is 5.26 Å². The van der Waals surface area contributed by atoms with E-state index < -0.39 is 0 Å². The minimum Gasteiger partial charge on any atom is -0.373 e. The number of benzene rings is 1. The van der Waals surface area contributed by atoms with Crippen LogP contribution in [0.1, 0.15) is 30.1 Å². The largest absolute Gasteiger partial charge is 0.373 e. The van der Waals surface area contributed by atoms with Gasteiger partial charge in [0.15, 0.2) is 0 Å². The summed E-state index contributed by atoms with van der Waals surface area (Å²) >= 11 is 0. The summed E-state index contributed by atoms with van der Waals surface area (Å²) in [4.78, 5) is 0. The Balaban J connectivity index is 2.18. The van der Waals surface area contributed by atoms with Gasteiger partial charge in [0.2, 0.25) is 0 Å². The van der Waals surface area contributed by atoms with Crippen LogP contribution >= 0.6 is 0 Å². The fourth-order valence-electron chi connectivity index (χ4n) is 1.91. The molecule has 1 atom stereocenters. The van der Waals surface area contributed by atoms with E-state index in [4.69, 9.17) is 10.00 Å². The topological polar surface area (TPSA) is 33.0 Å². The van der Waals surface area contributed by atoms with Crippen LogP contribution in [0.15, 0.2) is 24.3 Å². The van der Waals surface area contributed by atoms with Gasteiger partial charge in [0.25, 0.3) is 0 Å². The number of hydrogen-bond donors (Lipinski definition) is 0. The minimum atomic E-state index is 0.139. The third-order valence-corrected chi connectivity index (χ3v) is 2.61. The van der Waals surface area contributed by atoms with Gasteiger partial charge in [-0.15, -0.1) is 0 Å². The molecule has 0 aromatic heterocycles. The molecule has 72 valence electrons. The molecule has 0 bridgehead atoms. The number of hydrogen-bond acceptors (Lipinski definition) is 2. The Kier molecular flexibility index (Phi) is 2.81. The van der Waals surface area contributed by atoms with Crippen LogP contribution in [0.2, 0.25) is 0 Å².